The van der Waals surface area contributed by atoms with Crippen molar-refractivity contribution >= 4 is 16.7 Å². The highest BCUT2D eigenvalue weighted by molar-refractivity contribution is 5.90. The minimum atomic E-state index is 0.769. The van der Waals surface area contributed by atoms with Gasteiger partial charge in [-0.25, -0.2) is 9.97 Å². The zero-order valence-corrected chi connectivity index (χ0v) is 16.0. The van der Waals surface area contributed by atoms with E-state index in [2.05, 4.69) is 59.9 Å². The van der Waals surface area contributed by atoms with Gasteiger partial charge in [0.1, 0.15) is 5.82 Å². The average Bonchev–Trinajstić information content (AvgIpc) is 2.77. The molecule has 0 saturated carbocycles. The van der Waals surface area contributed by atoms with E-state index in [9.17, 15) is 0 Å². The molecule has 4 rings (SSSR count). The molecule has 140 valence electrons. The Morgan fingerprint density at radius 2 is 1.36 bits per heavy atom. The maximum atomic E-state index is 4.81. The second kappa shape index (κ2) is 9.14. The van der Waals surface area contributed by atoms with Crippen LogP contribution in [0.15, 0.2) is 84.9 Å². The summed E-state index contributed by atoms with van der Waals surface area (Å²) in [6.07, 6.45) is 4.70. The van der Waals surface area contributed by atoms with Gasteiger partial charge in [0.15, 0.2) is 5.82 Å². The van der Waals surface area contributed by atoms with Crippen LogP contribution in [0.3, 0.4) is 0 Å². The Hall–Kier alpha value is -3.20. The zero-order valence-electron chi connectivity index (χ0n) is 16.0. The molecule has 1 aromatic heterocycles. The fraction of sp³-hybridized carbons (Fsp3) is 0.200. The van der Waals surface area contributed by atoms with Crippen molar-refractivity contribution in [3.05, 3.63) is 90.5 Å². The van der Waals surface area contributed by atoms with Gasteiger partial charge in [-0.05, 0) is 37.0 Å². The number of benzene rings is 3. The molecule has 3 aromatic carbocycles. The maximum Gasteiger partial charge on any atom is 0.162 e. The van der Waals surface area contributed by atoms with Gasteiger partial charge in [0.05, 0.1) is 5.52 Å². The van der Waals surface area contributed by atoms with Gasteiger partial charge < -0.3 is 5.32 Å². The van der Waals surface area contributed by atoms with E-state index in [0.717, 1.165) is 47.5 Å². The number of para-hydroxylation sites is 1. The molecule has 28 heavy (non-hydrogen) atoms. The summed E-state index contributed by atoms with van der Waals surface area (Å²) in [6, 6.07) is 29.1. The second-order valence-corrected chi connectivity index (χ2v) is 7.00. The van der Waals surface area contributed by atoms with E-state index in [-0.39, 0.29) is 0 Å². The van der Waals surface area contributed by atoms with Crippen LogP contribution in [-0.4, -0.2) is 16.5 Å². The number of fused-ring (bicyclic) bond motifs is 1. The van der Waals surface area contributed by atoms with Crippen molar-refractivity contribution in [2.24, 2.45) is 0 Å². The number of aryl methyl sites for hydroxylation is 1. The van der Waals surface area contributed by atoms with Gasteiger partial charge in [-0.3, -0.25) is 0 Å². The molecule has 3 nitrogen and oxygen atoms in total. The molecule has 0 saturated heterocycles. The average molecular weight is 367 g/mol. The molecular formula is C25H25N3. The van der Waals surface area contributed by atoms with E-state index in [1.807, 2.05) is 30.3 Å². The largest absolute Gasteiger partial charge is 0.369 e. The molecule has 0 unspecified atom stereocenters. The molecule has 0 radical (unpaired) electrons. The van der Waals surface area contributed by atoms with Crippen molar-refractivity contribution in [1.82, 2.24) is 9.97 Å². The van der Waals surface area contributed by atoms with E-state index in [4.69, 9.17) is 9.97 Å². The summed E-state index contributed by atoms with van der Waals surface area (Å²) in [4.78, 5) is 9.56. The standard InChI is InChI=1S/C25H25N3/c1-4-12-20(13-5-1)14-6-3-11-19-26-25-22-17-9-10-18-23(22)27-24(28-25)21-15-7-2-8-16-21/h1-2,4-5,7-10,12-13,15-18H,3,6,11,14,19H2,(H,26,27,28). The molecule has 1 heterocycles. The van der Waals surface area contributed by atoms with Crippen molar-refractivity contribution < 1.29 is 0 Å². The maximum absolute atomic E-state index is 4.81. The number of nitrogens with zero attached hydrogens (tertiary/aromatic N) is 2. The number of hydrogen-bond donors (Lipinski definition) is 1. The van der Waals surface area contributed by atoms with Crippen molar-refractivity contribution in [2.45, 2.75) is 25.7 Å². The van der Waals surface area contributed by atoms with Gasteiger partial charge in [0.25, 0.3) is 0 Å². The third-order valence-electron chi connectivity index (χ3n) is 4.91. The van der Waals surface area contributed by atoms with Crippen LogP contribution in [-0.2, 0) is 6.42 Å². The number of anilines is 1. The van der Waals surface area contributed by atoms with Crippen LogP contribution in [0.1, 0.15) is 24.8 Å². The molecule has 0 fully saturated rings. The molecule has 0 amide bonds. The van der Waals surface area contributed by atoms with Crippen LogP contribution in [0.5, 0.6) is 0 Å². The van der Waals surface area contributed by atoms with Crippen LogP contribution >= 0.6 is 0 Å². The molecule has 4 aromatic rings. The number of nitrogens with one attached hydrogen (secondary N) is 1. The summed E-state index contributed by atoms with van der Waals surface area (Å²) in [6.45, 7) is 0.921. The van der Waals surface area contributed by atoms with Gasteiger partial charge in [-0.1, -0.05) is 79.2 Å². The number of aromatic nitrogens is 2. The van der Waals surface area contributed by atoms with Crippen molar-refractivity contribution in [2.75, 3.05) is 11.9 Å². The van der Waals surface area contributed by atoms with Crippen molar-refractivity contribution in [3.8, 4) is 11.4 Å². The summed E-state index contributed by atoms with van der Waals surface area (Å²) in [5.74, 6) is 1.69. The number of rotatable bonds is 8. The van der Waals surface area contributed by atoms with Crippen LogP contribution < -0.4 is 5.32 Å². The molecule has 1 N–H and O–H groups in total. The van der Waals surface area contributed by atoms with Crippen LogP contribution in [0.4, 0.5) is 5.82 Å². The molecule has 3 heteroatoms. The fourth-order valence-corrected chi connectivity index (χ4v) is 3.41. The monoisotopic (exact) mass is 367 g/mol. The predicted molar refractivity (Wildman–Crippen MR) is 117 cm³/mol. The summed E-state index contributed by atoms with van der Waals surface area (Å²) in [5, 5.41) is 4.62. The smallest absolute Gasteiger partial charge is 0.162 e. The van der Waals surface area contributed by atoms with E-state index < -0.39 is 0 Å². The molecule has 0 spiro atoms. The van der Waals surface area contributed by atoms with Gasteiger partial charge >= 0.3 is 0 Å². The summed E-state index contributed by atoms with van der Waals surface area (Å²) >= 11 is 0. The van der Waals surface area contributed by atoms with Gasteiger partial charge in [-0.15, -0.1) is 0 Å². The zero-order chi connectivity index (χ0) is 19.0. The van der Waals surface area contributed by atoms with E-state index in [1.165, 1.54) is 18.4 Å². The van der Waals surface area contributed by atoms with Gasteiger partial charge in [0.2, 0.25) is 0 Å². The van der Waals surface area contributed by atoms with Crippen molar-refractivity contribution in [3.63, 3.8) is 0 Å². The first kappa shape index (κ1) is 18.2. The van der Waals surface area contributed by atoms with Gasteiger partial charge in [-0.2, -0.15) is 0 Å². The minimum absolute atomic E-state index is 0.769. The van der Waals surface area contributed by atoms with Crippen molar-refractivity contribution in [1.29, 1.82) is 0 Å². The molecule has 0 aliphatic rings. The Balaban J connectivity index is 1.40. The Morgan fingerprint density at radius 3 is 2.18 bits per heavy atom. The lowest BCUT2D eigenvalue weighted by molar-refractivity contribution is 0.698. The SMILES string of the molecule is c1ccc(CCCCCNc2nc(-c3ccccc3)nc3ccccc23)cc1. The van der Waals surface area contributed by atoms with Crippen LogP contribution in [0.25, 0.3) is 22.3 Å². The quantitative estimate of drug-likeness (QED) is 0.381. The van der Waals surface area contributed by atoms with Crippen LogP contribution in [0, 0.1) is 0 Å². The topological polar surface area (TPSA) is 37.8 Å². The lowest BCUT2D eigenvalue weighted by Crippen LogP contribution is -2.06. The molecular weight excluding hydrogens is 342 g/mol. The van der Waals surface area contributed by atoms with E-state index in [1.54, 1.807) is 0 Å². The Labute approximate surface area is 166 Å². The van der Waals surface area contributed by atoms with E-state index >= 15 is 0 Å². The first-order valence-electron chi connectivity index (χ1n) is 10.0. The molecule has 0 bridgehead atoms. The highest BCUT2D eigenvalue weighted by atomic mass is 15.0. The minimum Gasteiger partial charge on any atom is -0.369 e. The summed E-state index contributed by atoms with van der Waals surface area (Å²) in [7, 11) is 0. The lowest BCUT2D eigenvalue weighted by Gasteiger charge is -2.11. The highest BCUT2D eigenvalue weighted by Gasteiger charge is 2.08. The lowest BCUT2D eigenvalue weighted by atomic mass is 10.1. The summed E-state index contributed by atoms with van der Waals surface area (Å²) < 4.78 is 0. The first-order valence-corrected chi connectivity index (χ1v) is 10.0. The molecule has 0 aliphatic carbocycles. The number of hydrogen-bond acceptors (Lipinski definition) is 3. The fourth-order valence-electron chi connectivity index (χ4n) is 3.41. The molecule has 0 aliphatic heterocycles. The third-order valence-corrected chi connectivity index (χ3v) is 4.91. The third kappa shape index (κ3) is 4.55. The predicted octanol–water partition coefficient (Wildman–Crippen LogP) is 6.12. The highest BCUT2D eigenvalue weighted by Crippen LogP contribution is 2.24. The normalized spacial score (nSPS) is 10.9. The summed E-state index contributed by atoms with van der Waals surface area (Å²) in [5.41, 5.74) is 3.44. The first-order chi connectivity index (χ1) is 13.9. The van der Waals surface area contributed by atoms with Crippen LogP contribution in [0.2, 0.25) is 0 Å². The Bertz CT molecular complexity index is 1010. The Morgan fingerprint density at radius 1 is 0.643 bits per heavy atom. The Kier molecular flexibility index (Phi) is 5.93. The van der Waals surface area contributed by atoms with E-state index in [0.29, 0.717) is 0 Å². The second-order valence-electron chi connectivity index (χ2n) is 7.00. The van der Waals surface area contributed by atoms with Gasteiger partial charge in [0, 0.05) is 17.5 Å². The number of unbranched alkanes of at least 4 members (excludes halogenated alkanes) is 2. The molecule has 0 atom stereocenters.